The average molecular weight is 633 g/mol. The van der Waals surface area contributed by atoms with Crippen molar-refractivity contribution in [1.29, 1.82) is 0 Å². The maximum Gasteiger partial charge on any atom is 0.333 e. The van der Waals surface area contributed by atoms with Crippen LogP contribution in [0, 0.1) is 23.6 Å². The minimum atomic E-state index is -2.80. The highest BCUT2D eigenvalue weighted by molar-refractivity contribution is 7.11. The number of hydrogen-bond donors (Lipinski definition) is 3. The topological polar surface area (TPSA) is 98.8 Å². The lowest BCUT2D eigenvalue weighted by Crippen LogP contribution is -2.47. The lowest BCUT2D eigenvalue weighted by Gasteiger charge is -2.40. The van der Waals surface area contributed by atoms with Gasteiger partial charge in [-0.3, -0.25) is 4.99 Å². The summed E-state index contributed by atoms with van der Waals surface area (Å²) < 4.78 is 41.9. The number of amidine groups is 1. The number of nitrogens with one attached hydrogen (secondary N) is 1. The number of rotatable bonds is 8. The van der Waals surface area contributed by atoms with Crippen molar-refractivity contribution < 1.29 is 23.4 Å². The number of aliphatic imine (C=N–C) groups is 1. The van der Waals surface area contributed by atoms with Crippen molar-refractivity contribution in [2.45, 2.75) is 56.3 Å². The SMILES string of the molecule is OC[C@@]1(O)CC2CC[C@@H](C1)[C@H]2CN[C@H]1CC2=C(c3ccn(C(F)F)n3)[C@H](c3ccc(F)cc3Cl)N=C(c3nccs3)N2C1. The molecule has 6 atom stereocenters. The molecule has 43 heavy (non-hydrogen) atoms. The van der Waals surface area contributed by atoms with Gasteiger partial charge in [-0.25, -0.2) is 14.1 Å². The van der Waals surface area contributed by atoms with Gasteiger partial charge in [-0.1, -0.05) is 17.7 Å². The molecule has 8 nitrogen and oxygen atoms in total. The molecule has 2 aromatic heterocycles. The van der Waals surface area contributed by atoms with Crippen LogP contribution < -0.4 is 5.32 Å². The van der Waals surface area contributed by atoms with Gasteiger partial charge in [0.15, 0.2) is 10.8 Å². The van der Waals surface area contributed by atoms with Gasteiger partial charge in [0.25, 0.3) is 0 Å². The number of aliphatic hydroxyl groups excluding tert-OH is 1. The highest BCUT2D eigenvalue weighted by Crippen LogP contribution is 2.51. The number of fused-ring (bicyclic) bond motifs is 3. The Labute approximate surface area is 255 Å². The predicted molar refractivity (Wildman–Crippen MR) is 157 cm³/mol. The summed E-state index contributed by atoms with van der Waals surface area (Å²) in [5.41, 5.74) is 1.49. The molecule has 2 aliphatic heterocycles. The molecule has 0 spiro atoms. The van der Waals surface area contributed by atoms with E-state index in [1.807, 2.05) is 5.38 Å². The Bertz CT molecular complexity index is 1550. The van der Waals surface area contributed by atoms with E-state index < -0.39 is 24.0 Å². The molecule has 0 radical (unpaired) electrons. The smallest absolute Gasteiger partial charge is 0.333 e. The van der Waals surface area contributed by atoms with Gasteiger partial charge in [-0.2, -0.15) is 13.9 Å². The van der Waals surface area contributed by atoms with Crippen LogP contribution in [0.25, 0.3) is 5.57 Å². The Morgan fingerprint density at radius 3 is 2.63 bits per heavy atom. The number of aromatic nitrogens is 3. The molecule has 0 amide bonds. The molecular formula is C30H32ClF3N6O2S. The number of aliphatic hydroxyl groups is 2. The average Bonchev–Trinajstić information content (AvgIpc) is 3.78. The quantitative estimate of drug-likeness (QED) is 0.313. The molecule has 2 aliphatic carbocycles. The fourth-order valence-corrected chi connectivity index (χ4v) is 8.57. The first-order valence-corrected chi connectivity index (χ1v) is 15.8. The van der Waals surface area contributed by atoms with Crippen molar-refractivity contribution >= 4 is 34.3 Å². The molecule has 7 rings (SSSR count). The van der Waals surface area contributed by atoms with Crippen molar-refractivity contribution in [3.05, 3.63) is 74.8 Å². The summed E-state index contributed by atoms with van der Waals surface area (Å²) in [6.45, 7) is -1.61. The summed E-state index contributed by atoms with van der Waals surface area (Å²) in [4.78, 5) is 11.7. The minimum Gasteiger partial charge on any atom is -0.393 e. The molecule has 2 bridgehead atoms. The van der Waals surface area contributed by atoms with E-state index in [0.717, 1.165) is 25.1 Å². The minimum absolute atomic E-state index is 0.0350. The maximum atomic E-state index is 14.1. The zero-order chi connectivity index (χ0) is 29.9. The summed E-state index contributed by atoms with van der Waals surface area (Å²) >= 11 is 8.02. The molecule has 3 aromatic rings. The van der Waals surface area contributed by atoms with E-state index in [-0.39, 0.29) is 17.7 Å². The first-order valence-electron chi connectivity index (χ1n) is 14.6. The van der Waals surface area contributed by atoms with Crippen molar-refractivity contribution in [2.24, 2.45) is 22.7 Å². The van der Waals surface area contributed by atoms with Crippen molar-refractivity contribution in [1.82, 2.24) is 25.0 Å². The van der Waals surface area contributed by atoms with E-state index in [4.69, 9.17) is 16.6 Å². The largest absolute Gasteiger partial charge is 0.393 e. The summed E-state index contributed by atoms with van der Waals surface area (Å²) in [5.74, 6) is 1.31. The first kappa shape index (κ1) is 29.0. The summed E-state index contributed by atoms with van der Waals surface area (Å²) in [6, 6.07) is 5.03. The molecule has 3 N–H and O–H groups in total. The third-order valence-corrected chi connectivity index (χ3v) is 10.7. The molecule has 4 heterocycles. The molecule has 1 saturated heterocycles. The second kappa shape index (κ2) is 11.3. The third-order valence-electron chi connectivity index (χ3n) is 9.56. The van der Waals surface area contributed by atoms with Gasteiger partial charge >= 0.3 is 6.55 Å². The lowest BCUT2D eigenvalue weighted by molar-refractivity contribution is -0.0763. The number of alkyl halides is 2. The van der Waals surface area contributed by atoms with Crippen molar-refractivity contribution in [3.8, 4) is 0 Å². The van der Waals surface area contributed by atoms with Crippen LogP contribution in [0.1, 0.15) is 61.0 Å². The van der Waals surface area contributed by atoms with Crippen LogP contribution in [-0.4, -0.2) is 67.1 Å². The Hall–Kier alpha value is -2.77. The zero-order valence-corrected chi connectivity index (χ0v) is 24.8. The van der Waals surface area contributed by atoms with E-state index in [2.05, 4.69) is 20.3 Å². The van der Waals surface area contributed by atoms with E-state index in [1.54, 1.807) is 18.3 Å². The van der Waals surface area contributed by atoms with Crippen LogP contribution in [0.15, 0.2) is 52.7 Å². The Balaban J connectivity index is 1.25. The van der Waals surface area contributed by atoms with Gasteiger partial charge in [0.1, 0.15) is 11.9 Å². The summed E-state index contributed by atoms with van der Waals surface area (Å²) in [6.07, 6.45) is 6.90. The van der Waals surface area contributed by atoms with Gasteiger partial charge in [0.05, 0.1) is 17.9 Å². The van der Waals surface area contributed by atoms with E-state index in [1.165, 1.54) is 29.7 Å². The van der Waals surface area contributed by atoms with Gasteiger partial charge in [-0.05, 0) is 68.2 Å². The van der Waals surface area contributed by atoms with Gasteiger partial charge in [0.2, 0.25) is 0 Å². The fraction of sp³-hybridized carbons (Fsp3) is 0.500. The summed E-state index contributed by atoms with van der Waals surface area (Å²) in [7, 11) is 0. The van der Waals surface area contributed by atoms with Crippen LogP contribution in [0.4, 0.5) is 13.2 Å². The molecule has 4 aliphatic rings. The van der Waals surface area contributed by atoms with Crippen LogP contribution in [0.2, 0.25) is 5.02 Å². The number of nitrogens with zero attached hydrogens (tertiary/aromatic N) is 5. The molecule has 2 saturated carbocycles. The number of halogens is 4. The first-order chi connectivity index (χ1) is 20.7. The molecular weight excluding hydrogens is 601 g/mol. The van der Waals surface area contributed by atoms with Crippen molar-refractivity contribution in [3.63, 3.8) is 0 Å². The highest BCUT2D eigenvalue weighted by Gasteiger charge is 2.49. The predicted octanol–water partition coefficient (Wildman–Crippen LogP) is 5.26. The molecule has 1 aromatic carbocycles. The lowest BCUT2D eigenvalue weighted by atomic mass is 9.71. The van der Waals surface area contributed by atoms with Crippen LogP contribution in [-0.2, 0) is 0 Å². The monoisotopic (exact) mass is 632 g/mol. The second-order valence-corrected chi connectivity index (χ2v) is 13.5. The Morgan fingerprint density at radius 1 is 1.19 bits per heavy atom. The molecule has 3 fully saturated rings. The maximum absolute atomic E-state index is 14.1. The van der Waals surface area contributed by atoms with E-state index in [0.29, 0.717) is 75.9 Å². The van der Waals surface area contributed by atoms with Crippen LogP contribution >= 0.6 is 22.9 Å². The number of hydrogen-bond acceptors (Lipinski definition) is 8. The number of thiazole rings is 1. The molecule has 13 heteroatoms. The Kier molecular flexibility index (Phi) is 7.61. The molecule has 1 unspecified atom stereocenters. The van der Waals surface area contributed by atoms with E-state index >= 15 is 0 Å². The van der Waals surface area contributed by atoms with Gasteiger partial charge in [-0.15, -0.1) is 11.3 Å². The Morgan fingerprint density at radius 2 is 1.98 bits per heavy atom. The van der Waals surface area contributed by atoms with Gasteiger partial charge in [0, 0.05) is 58.6 Å². The standard InChI is InChI=1S/C30H32ClF3N6O2S/c31-22-9-18(32)3-4-20(22)26-25(23-5-7-40(38-23)29(33)34)24-10-19(14-39(24)27(37-26)28-35-6-8-43-28)36-13-21-16-1-2-17(21)12-30(42,11-16)15-41/h3-9,16-17,19,21,26,29,36,41-42H,1-2,10-15H2/t16-,17?,19-,21+,26-,30-/m0/s1. The van der Waals surface area contributed by atoms with Crippen molar-refractivity contribution in [2.75, 3.05) is 19.7 Å². The second-order valence-electron chi connectivity index (χ2n) is 12.1. The third kappa shape index (κ3) is 5.31. The van der Waals surface area contributed by atoms with Gasteiger partial charge < -0.3 is 20.4 Å². The summed E-state index contributed by atoms with van der Waals surface area (Å²) in [5, 5.41) is 31.3. The molecule has 228 valence electrons. The normalized spacial score (nSPS) is 30.3. The van der Waals surface area contributed by atoms with Crippen LogP contribution in [0.5, 0.6) is 0 Å². The highest BCUT2D eigenvalue weighted by atomic mass is 35.5. The zero-order valence-electron chi connectivity index (χ0n) is 23.2. The van der Waals surface area contributed by atoms with E-state index in [9.17, 15) is 23.4 Å². The van der Waals surface area contributed by atoms with Crippen LogP contribution in [0.3, 0.4) is 0 Å². The fourth-order valence-electron chi connectivity index (χ4n) is 7.66. The number of benzene rings is 1.